The first kappa shape index (κ1) is 24.9. The molecule has 0 saturated carbocycles. The molecule has 1 aromatic rings. The van der Waals surface area contributed by atoms with Crippen LogP contribution in [0.4, 0.5) is 5.69 Å². The monoisotopic (exact) mass is 407 g/mol. The van der Waals surface area contributed by atoms with Crippen LogP contribution in [-0.2, 0) is 0 Å². The van der Waals surface area contributed by atoms with Crippen LogP contribution in [0.2, 0.25) is 0 Å². The fourth-order valence-corrected chi connectivity index (χ4v) is 3.39. The topological polar surface area (TPSA) is 89.7 Å². The minimum atomic E-state index is -1.19. The molecule has 1 N–H and O–H groups in total. The van der Waals surface area contributed by atoms with E-state index in [1.807, 2.05) is 0 Å². The third-order valence-corrected chi connectivity index (χ3v) is 5.16. The van der Waals surface area contributed by atoms with Crippen LogP contribution in [0.5, 0.6) is 5.75 Å². The molecule has 6 heteroatoms. The maximum atomic E-state index is 11.1. The van der Waals surface area contributed by atoms with Crippen molar-refractivity contribution in [2.24, 2.45) is 0 Å². The smallest absolute Gasteiger partial charge is 0.335 e. The minimum absolute atomic E-state index is 0.111. The molecule has 0 atom stereocenters. The van der Waals surface area contributed by atoms with Crippen molar-refractivity contribution < 1.29 is 19.6 Å². The van der Waals surface area contributed by atoms with Gasteiger partial charge in [0.15, 0.2) is 5.75 Å². The number of carbonyl (C=O) groups is 1. The molecule has 0 amide bonds. The van der Waals surface area contributed by atoms with Crippen LogP contribution in [0.25, 0.3) is 0 Å². The summed E-state index contributed by atoms with van der Waals surface area (Å²) in [5.74, 6) is -1.05. The zero-order chi connectivity index (χ0) is 21.3. The summed E-state index contributed by atoms with van der Waals surface area (Å²) in [5.41, 5.74) is -0.407. The van der Waals surface area contributed by atoms with Gasteiger partial charge in [-0.05, 0) is 18.6 Å². The number of ether oxygens (including phenoxy) is 1. The van der Waals surface area contributed by atoms with Crippen LogP contribution in [0.15, 0.2) is 18.2 Å². The summed E-state index contributed by atoms with van der Waals surface area (Å²) in [5, 5.41) is 20.0. The SMILES string of the molecule is CCCCCCCCCCCCCCCCOc1ccc(C(=O)O)cc1[N+](=O)[O-]. The molecule has 29 heavy (non-hydrogen) atoms. The van der Waals surface area contributed by atoms with Crippen LogP contribution in [0, 0.1) is 10.1 Å². The van der Waals surface area contributed by atoms with Gasteiger partial charge in [-0.3, -0.25) is 10.1 Å². The van der Waals surface area contributed by atoms with Gasteiger partial charge in [0.25, 0.3) is 0 Å². The molecule has 6 nitrogen and oxygen atoms in total. The molecule has 0 aliphatic rings. The van der Waals surface area contributed by atoms with Crippen molar-refractivity contribution in [2.75, 3.05) is 6.61 Å². The predicted molar refractivity (Wildman–Crippen MR) is 116 cm³/mol. The van der Waals surface area contributed by atoms with E-state index in [2.05, 4.69) is 6.92 Å². The number of carboxylic acid groups (broad SMARTS) is 1. The molecule has 1 rings (SSSR count). The molecule has 0 spiro atoms. The van der Waals surface area contributed by atoms with Crippen molar-refractivity contribution in [3.8, 4) is 5.75 Å². The van der Waals surface area contributed by atoms with Crippen molar-refractivity contribution in [1.82, 2.24) is 0 Å². The highest BCUT2D eigenvalue weighted by molar-refractivity contribution is 5.88. The Hall–Kier alpha value is -2.11. The van der Waals surface area contributed by atoms with Crippen LogP contribution in [-0.4, -0.2) is 22.6 Å². The van der Waals surface area contributed by atoms with E-state index in [9.17, 15) is 14.9 Å². The van der Waals surface area contributed by atoms with Gasteiger partial charge in [0.05, 0.1) is 17.1 Å². The number of hydrogen-bond donors (Lipinski definition) is 1. The van der Waals surface area contributed by atoms with Gasteiger partial charge in [0.2, 0.25) is 0 Å². The maximum absolute atomic E-state index is 11.1. The van der Waals surface area contributed by atoms with Gasteiger partial charge in [-0.15, -0.1) is 0 Å². The quantitative estimate of drug-likeness (QED) is 0.158. The number of aromatic carboxylic acids is 1. The molecule has 0 aliphatic carbocycles. The number of hydrogen-bond acceptors (Lipinski definition) is 4. The van der Waals surface area contributed by atoms with E-state index < -0.39 is 10.9 Å². The second-order valence-corrected chi connectivity index (χ2v) is 7.69. The predicted octanol–water partition coefficient (Wildman–Crippen LogP) is 7.15. The number of benzene rings is 1. The number of nitro groups is 1. The summed E-state index contributed by atoms with van der Waals surface area (Å²) in [6.07, 6.45) is 17.8. The van der Waals surface area contributed by atoms with Crippen molar-refractivity contribution in [3.05, 3.63) is 33.9 Å². The molecule has 164 valence electrons. The van der Waals surface area contributed by atoms with Gasteiger partial charge in [-0.2, -0.15) is 0 Å². The highest BCUT2D eigenvalue weighted by Crippen LogP contribution is 2.28. The summed E-state index contributed by atoms with van der Waals surface area (Å²) in [6.45, 7) is 2.66. The summed E-state index contributed by atoms with van der Waals surface area (Å²) in [4.78, 5) is 21.4. The third kappa shape index (κ3) is 11.5. The van der Waals surface area contributed by atoms with E-state index in [-0.39, 0.29) is 17.0 Å². The molecule has 1 aromatic carbocycles. The third-order valence-electron chi connectivity index (χ3n) is 5.16. The second kappa shape index (κ2) is 15.8. The lowest BCUT2D eigenvalue weighted by Crippen LogP contribution is -2.03. The van der Waals surface area contributed by atoms with Crippen LogP contribution in [0.1, 0.15) is 107 Å². The van der Waals surface area contributed by atoms with Crippen molar-refractivity contribution in [1.29, 1.82) is 0 Å². The summed E-state index contributed by atoms with van der Waals surface area (Å²) in [6, 6.07) is 3.74. The molecule has 0 saturated heterocycles. The van der Waals surface area contributed by atoms with Crippen molar-refractivity contribution in [3.63, 3.8) is 0 Å². The van der Waals surface area contributed by atoms with Gasteiger partial charge < -0.3 is 9.84 Å². The van der Waals surface area contributed by atoms with Gasteiger partial charge in [0.1, 0.15) is 0 Å². The summed E-state index contributed by atoms with van der Waals surface area (Å²) < 4.78 is 5.51. The fourth-order valence-electron chi connectivity index (χ4n) is 3.39. The molecule has 0 bridgehead atoms. The average Bonchev–Trinajstić information content (AvgIpc) is 2.70. The van der Waals surface area contributed by atoms with Gasteiger partial charge in [0, 0.05) is 6.07 Å². The Kier molecular flexibility index (Phi) is 13.6. The largest absolute Gasteiger partial charge is 0.487 e. The lowest BCUT2D eigenvalue weighted by atomic mass is 10.0. The Morgan fingerprint density at radius 2 is 1.38 bits per heavy atom. The minimum Gasteiger partial charge on any atom is -0.487 e. The van der Waals surface area contributed by atoms with E-state index in [1.54, 1.807) is 0 Å². The number of unbranched alkanes of at least 4 members (excludes halogenated alkanes) is 13. The van der Waals surface area contributed by atoms with E-state index in [0.717, 1.165) is 25.3 Å². The average molecular weight is 408 g/mol. The van der Waals surface area contributed by atoms with Gasteiger partial charge in [-0.25, -0.2) is 4.79 Å². The Morgan fingerprint density at radius 3 is 1.83 bits per heavy atom. The van der Waals surface area contributed by atoms with Crippen molar-refractivity contribution in [2.45, 2.75) is 96.8 Å². The Morgan fingerprint density at radius 1 is 0.897 bits per heavy atom. The first-order valence-electron chi connectivity index (χ1n) is 11.2. The van der Waals surface area contributed by atoms with Crippen LogP contribution >= 0.6 is 0 Å². The van der Waals surface area contributed by atoms with Crippen LogP contribution < -0.4 is 4.74 Å². The maximum Gasteiger partial charge on any atom is 0.335 e. The fraction of sp³-hybridized carbons (Fsp3) is 0.696. The normalized spacial score (nSPS) is 10.8. The van der Waals surface area contributed by atoms with Gasteiger partial charge in [-0.1, -0.05) is 90.4 Å². The van der Waals surface area contributed by atoms with E-state index >= 15 is 0 Å². The summed E-state index contributed by atoms with van der Waals surface area (Å²) >= 11 is 0. The van der Waals surface area contributed by atoms with Crippen molar-refractivity contribution >= 4 is 11.7 Å². The zero-order valence-electron chi connectivity index (χ0n) is 17.9. The van der Waals surface area contributed by atoms with E-state index in [4.69, 9.17) is 9.84 Å². The molecule has 0 unspecified atom stereocenters. The molecule has 0 aliphatic heterocycles. The first-order chi connectivity index (χ1) is 14.1. The molecule has 0 aromatic heterocycles. The van der Waals surface area contributed by atoms with Gasteiger partial charge >= 0.3 is 11.7 Å². The standard InChI is InChI=1S/C23H37NO5/c1-2-3-4-5-6-7-8-9-10-11-12-13-14-15-18-29-22-17-16-20(23(25)26)19-21(22)24(27)28/h16-17,19H,2-15,18H2,1H3,(H,25,26). The second-order valence-electron chi connectivity index (χ2n) is 7.69. The molecule has 0 radical (unpaired) electrons. The molecular formula is C23H37NO5. The zero-order valence-corrected chi connectivity index (χ0v) is 17.9. The Bertz CT molecular complexity index is 603. The Balaban J connectivity index is 2.03. The number of nitro benzene ring substituents is 1. The molecule has 0 fully saturated rings. The lowest BCUT2D eigenvalue weighted by molar-refractivity contribution is -0.385. The highest BCUT2D eigenvalue weighted by atomic mass is 16.6. The highest BCUT2D eigenvalue weighted by Gasteiger charge is 2.18. The number of nitrogens with zero attached hydrogens (tertiary/aromatic N) is 1. The number of rotatable bonds is 18. The number of carboxylic acids is 1. The lowest BCUT2D eigenvalue weighted by Gasteiger charge is -2.07. The Labute approximate surface area is 174 Å². The first-order valence-corrected chi connectivity index (χ1v) is 11.2. The van der Waals surface area contributed by atoms with E-state index in [1.165, 1.54) is 82.8 Å². The van der Waals surface area contributed by atoms with E-state index in [0.29, 0.717) is 6.61 Å². The summed E-state index contributed by atoms with van der Waals surface area (Å²) in [7, 11) is 0. The van der Waals surface area contributed by atoms with Crippen LogP contribution in [0.3, 0.4) is 0 Å². The molecular weight excluding hydrogens is 370 g/mol. The molecule has 0 heterocycles.